The molecule has 0 amide bonds. The SMILES string of the molecule is CSc1ncc(C(O)(O)C(F)(F)F)cc1Br. The van der Waals surface area contributed by atoms with Crippen molar-refractivity contribution in [3.63, 3.8) is 0 Å². The Morgan fingerprint density at radius 3 is 2.31 bits per heavy atom. The summed E-state index contributed by atoms with van der Waals surface area (Å²) in [7, 11) is 0. The van der Waals surface area contributed by atoms with Gasteiger partial charge < -0.3 is 10.2 Å². The third kappa shape index (κ3) is 2.50. The van der Waals surface area contributed by atoms with E-state index in [1.807, 2.05) is 0 Å². The van der Waals surface area contributed by atoms with Crippen molar-refractivity contribution in [3.8, 4) is 0 Å². The molecule has 0 aliphatic rings. The zero-order chi connectivity index (χ0) is 12.6. The van der Waals surface area contributed by atoms with Crippen LogP contribution < -0.4 is 0 Å². The molecule has 0 spiro atoms. The molecule has 8 heteroatoms. The van der Waals surface area contributed by atoms with Crippen LogP contribution in [0.2, 0.25) is 0 Å². The van der Waals surface area contributed by atoms with Crippen molar-refractivity contribution in [1.82, 2.24) is 4.98 Å². The van der Waals surface area contributed by atoms with Crippen LogP contribution in [0.3, 0.4) is 0 Å². The first-order valence-corrected chi connectivity index (χ1v) is 5.93. The molecule has 0 unspecified atom stereocenters. The zero-order valence-electron chi connectivity index (χ0n) is 7.92. The van der Waals surface area contributed by atoms with Crippen molar-refractivity contribution in [2.75, 3.05) is 6.26 Å². The topological polar surface area (TPSA) is 53.4 Å². The van der Waals surface area contributed by atoms with Gasteiger partial charge in [-0.1, -0.05) is 0 Å². The summed E-state index contributed by atoms with van der Waals surface area (Å²) in [5.74, 6) is -3.89. The van der Waals surface area contributed by atoms with Crippen LogP contribution in [-0.4, -0.2) is 27.6 Å². The first-order valence-electron chi connectivity index (χ1n) is 3.91. The Hall–Kier alpha value is -0.310. The quantitative estimate of drug-likeness (QED) is 0.649. The minimum absolute atomic E-state index is 0.272. The van der Waals surface area contributed by atoms with Crippen LogP contribution in [-0.2, 0) is 5.79 Å². The van der Waals surface area contributed by atoms with Crippen molar-refractivity contribution in [3.05, 3.63) is 22.3 Å². The van der Waals surface area contributed by atoms with E-state index in [0.717, 1.165) is 12.3 Å². The fourth-order valence-electron chi connectivity index (χ4n) is 0.930. The van der Waals surface area contributed by atoms with E-state index in [0.29, 0.717) is 5.03 Å². The molecule has 0 aliphatic heterocycles. The highest BCUT2D eigenvalue weighted by Gasteiger charge is 2.54. The molecule has 16 heavy (non-hydrogen) atoms. The van der Waals surface area contributed by atoms with E-state index in [2.05, 4.69) is 20.9 Å². The number of pyridine rings is 1. The highest BCUT2D eigenvalue weighted by Crippen LogP contribution is 2.38. The van der Waals surface area contributed by atoms with Crippen LogP contribution in [0.1, 0.15) is 5.56 Å². The number of halogens is 4. The summed E-state index contributed by atoms with van der Waals surface area (Å²) in [5.41, 5.74) is -0.732. The Balaban J connectivity index is 3.20. The fraction of sp³-hybridized carbons (Fsp3) is 0.375. The Labute approximate surface area is 102 Å². The van der Waals surface area contributed by atoms with E-state index in [1.54, 1.807) is 6.26 Å². The molecule has 0 saturated heterocycles. The van der Waals surface area contributed by atoms with Gasteiger partial charge in [-0.05, 0) is 28.3 Å². The minimum Gasteiger partial charge on any atom is -0.355 e. The van der Waals surface area contributed by atoms with Crippen LogP contribution in [0.4, 0.5) is 13.2 Å². The minimum atomic E-state index is -5.17. The maximum absolute atomic E-state index is 12.3. The normalized spacial score (nSPS) is 12.9. The number of aliphatic hydroxyl groups is 2. The summed E-state index contributed by atoms with van der Waals surface area (Å²) in [4.78, 5) is 3.67. The van der Waals surface area contributed by atoms with Gasteiger partial charge in [-0.25, -0.2) is 4.98 Å². The van der Waals surface area contributed by atoms with Gasteiger partial charge in [0.1, 0.15) is 5.03 Å². The number of nitrogens with zero attached hydrogens (tertiary/aromatic N) is 1. The highest BCUT2D eigenvalue weighted by atomic mass is 79.9. The van der Waals surface area contributed by atoms with Gasteiger partial charge in [0.2, 0.25) is 0 Å². The molecule has 1 heterocycles. The third-order valence-electron chi connectivity index (χ3n) is 1.80. The number of hydrogen-bond donors (Lipinski definition) is 2. The van der Waals surface area contributed by atoms with E-state index in [-0.39, 0.29) is 4.47 Å². The van der Waals surface area contributed by atoms with E-state index in [9.17, 15) is 13.2 Å². The average Bonchev–Trinajstić information content (AvgIpc) is 2.15. The van der Waals surface area contributed by atoms with Gasteiger partial charge in [-0.3, -0.25) is 0 Å². The Morgan fingerprint density at radius 2 is 1.94 bits per heavy atom. The number of alkyl halides is 3. The summed E-state index contributed by atoms with van der Waals surface area (Å²) < 4.78 is 37.1. The third-order valence-corrected chi connectivity index (χ3v) is 3.38. The molecular weight excluding hydrogens is 311 g/mol. The van der Waals surface area contributed by atoms with Gasteiger partial charge in [0.05, 0.1) is 4.47 Å². The maximum atomic E-state index is 12.3. The Bertz CT molecular complexity index is 397. The molecule has 0 atom stereocenters. The summed E-state index contributed by atoms with van der Waals surface area (Å²) >= 11 is 4.21. The lowest BCUT2D eigenvalue weighted by atomic mass is 10.1. The van der Waals surface area contributed by atoms with Crippen molar-refractivity contribution in [2.45, 2.75) is 17.0 Å². The Kier molecular flexibility index (Phi) is 3.88. The lowest BCUT2D eigenvalue weighted by Crippen LogP contribution is -2.42. The van der Waals surface area contributed by atoms with Gasteiger partial charge in [0, 0.05) is 11.8 Å². The standard InChI is InChI=1S/C8H7BrF3NO2S/c1-16-6-5(9)2-4(3-13-6)7(14,15)8(10,11)12/h2-3,14-15H,1H3. The average molecular weight is 318 g/mol. The van der Waals surface area contributed by atoms with E-state index >= 15 is 0 Å². The summed E-state index contributed by atoms with van der Waals surface area (Å²) in [6, 6.07) is 0.978. The number of hydrogen-bond acceptors (Lipinski definition) is 4. The fourth-order valence-corrected chi connectivity index (χ4v) is 2.18. The second kappa shape index (κ2) is 4.52. The molecule has 1 aromatic rings. The first kappa shape index (κ1) is 13.8. The van der Waals surface area contributed by atoms with E-state index in [4.69, 9.17) is 10.2 Å². The second-order valence-corrected chi connectivity index (χ2v) is 4.53. The molecule has 0 aromatic carbocycles. The smallest absolute Gasteiger partial charge is 0.355 e. The summed E-state index contributed by atoms with van der Waals surface area (Å²) in [6.07, 6.45) is -2.69. The van der Waals surface area contributed by atoms with Gasteiger partial charge in [0.15, 0.2) is 0 Å². The van der Waals surface area contributed by atoms with Gasteiger partial charge in [-0.2, -0.15) is 13.2 Å². The lowest BCUT2D eigenvalue weighted by Gasteiger charge is -2.24. The van der Waals surface area contributed by atoms with Crippen LogP contribution in [0.5, 0.6) is 0 Å². The number of rotatable bonds is 2. The van der Waals surface area contributed by atoms with Crippen molar-refractivity contribution >= 4 is 27.7 Å². The van der Waals surface area contributed by atoms with Crippen molar-refractivity contribution in [2.24, 2.45) is 0 Å². The number of aromatic nitrogens is 1. The summed E-state index contributed by atoms with van der Waals surface area (Å²) in [6.45, 7) is 0. The molecule has 90 valence electrons. The highest BCUT2D eigenvalue weighted by molar-refractivity contribution is 9.10. The monoisotopic (exact) mass is 317 g/mol. The molecule has 0 radical (unpaired) electrons. The van der Waals surface area contributed by atoms with Gasteiger partial charge in [0.25, 0.3) is 5.79 Å². The van der Waals surface area contributed by atoms with E-state index < -0.39 is 17.5 Å². The van der Waals surface area contributed by atoms with Crippen LogP contribution >= 0.6 is 27.7 Å². The molecular formula is C8H7BrF3NO2S. The zero-order valence-corrected chi connectivity index (χ0v) is 10.3. The predicted molar refractivity (Wildman–Crippen MR) is 55.9 cm³/mol. The predicted octanol–water partition coefficient (Wildman–Crippen LogP) is 2.27. The van der Waals surface area contributed by atoms with Gasteiger partial charge in [-0.15, -0.1) is 11.8 Å². The molecule has 2 N–H and O–H groups in total. The molecule has 0 fully saturated rings. The number of thioether (sulfide) groups is 1. The van der Waals surface area contributed by atoms with Crippen LogP contribution in [0.25, 0.3) is 0 Å². The first-order chi connectivity index (χ1) is 7.20. The lowest BCUT2D eigenvalue weighted by molar-refractivity contribution is -0.358. The van der Waals surface area contributed by atoms with E-state index in [1.165, 1.54) is 11.8 Å². The van der Waals surface area contributed by atoms with Crippen LogP contribution in [0.15, 0.2) is 21.8 Å². The van der Waals surface area contributed by atoms with Crippen LogP contribution in [0, 0.1) is 0 Å². The van der Waals surface area contributed by atoms with Crippen molar-refractivity contribution < 1.29 is 23.4 Å². The molecule has 3 nitrogen and oxygen atoms in total. The Morgan fingerprint density at radius 1 is 1.38 bits per heavy atom. The molecule has 1 aromatic heterocycles. The molecule has 0 saturated carbocycles. The molecule has 1 rings (SSSR count). The molecule has 0 aliphatic carbocycles. The summed E-state index contributed by atoms with van der Waals surface area (Å²) in [5, 5.41) is 18.4. The molecule has 0 bridgehead atoms. The maximum Gasteiger partial charge on any atom is 0.447 e. The second-order valence-electron chi connectivity index (χ2n) is 2.89. The van der Waals surface area contributed by atoms with Gasteiger partial charge >= 0.3 is 6.18 Å². The van der Waals surface area contributed by atoms with Crippen molar-refractivity contribution in [1.29, 1.82) is 0 Å². The largest absolute Gasteiger partial charge is 0.447 e.